The van der Waals surface area contributed by atoms with Crippen molar-refractivity contribution in [3.8, 4) is 22.8 Å². The van der Waals surface area contributed by atoms with Crippen LogP contribution in [0.3, 0.4) is 0 Å². The SMILES string of the molecule is COc1ccccc1NC(=O)C(C)Sc1nnc(-c2c[nH]c3ccccc23)n1-c1cccc(C)c1. The molecule has 2 heterocycles. The third-order valence-electron chi connectivity index (χ3n) is 5.74. The average Bonchev–Trinajstić information content (AvgIpc) is 3.48. The van der Waals surface area contributed by atoms with Gasteiger partial charge in [-0.15, -0.1) is 10.2 Å². The Balaban J connectivity index is 1.51. The van der Waals surface area contributed by atoms with Gasteiger partial charge in [0.15, 0.2) is 11.0 Å². The molecule has 35 heavy (non-hydrogen) atoms. The fraction of sp³-hybridized carbons (Fsp3) is 0.148. The van der Waals surface area contributed by atoms with Crippen LogP contribution in [0.15, 0.2) is 84.1 Å². The molecule has 176 valence electrons. The fourth-order valence-electron chi connectivity index (χ4n) is 3.97. The van der Waals surface area contributed by atoms with Gasteiger partial charge in [0, 0.05) is 28.4 Å². The third kappa shape index (κ3) is 4.52. The summed E-state index contributed by atoms with van der Waals surface area (Å²) in [6.07, 6.45) is 1.95. The van der Waals surface area contributed by atoms with Crippen molar-refractivity contribution in [2.24, 2.45) is 0 Å². The lowest BCUT2D eigenvalue weighted by molar-refractivity contribution is -0.115. The summed E-state index contributed by atoms with van der Waals surface area (Å²) in [4.78, 5) is 16.4. The number of benzene rings is 3. The number of thioether (sulfide) groups is 1. The molecule has 7 nitrogen and oxygen atoms in total. The van der Waals surface area contributed by atoms with Crippen molar-refractivity contribution in [2.75, 3.05) is 12.4 Å². The summed E-state index contributed by atoms with van der Waals surface area (Å²) in [5.74, 6) is 1.18. The molecule has 0 radical (unpaired) electrons. The van der Waals surface area contributed by atoms with Crippen molar-refractivity contribution >= 4 is 34.3 Å². The van der Waals surface area contributed by atoms with E-state index in [1.54, 1.807) is 7.11 Å². The molecule has 1 unspecified atom stereocenters. The number of amides is 1. The number of rotatable bonds is 7. The number of aromatic nitrogens is 4. The predicted molar refractivity (Wildman–Crippen MR) is 140 cm³/mol. The number of H-pyrrole nitrogens is 1. The maximum atomic E-state index is 13.0. The minimum atomic E-state index is -0.427. The smallest absolute Gasteiger partial charge is 0.237 e. The Bertz CT molecular complexity index is 1510. The molecule has 0 saturated heterocycles. The molecule has 5 aromatic rings. The first-order chi connectivity index (χ1) is 17.0. The number of hydrogen-bond acceptors (Lipinski definition) is 5. The van der Waals surface area contributed by atoms with E-state index in [1.807, 2.05) is 72.3 Å². The molecular weight excluding hydrogens is 458 g/mol. The van der Waals surface area contributed by atoms with Crippen LogP contribution in [0.1, 0.15) is 12.5 Å². The van der Waals surface area contributed by atoms with Crippen molar-refractivity contribution in [1.29, 1.82) is 0 Å². The summed E-state index contributed by atoms with van der Waals surface area (Å²) in [7, 11) is 1.58. The molecule has 0 bridgehead atoms. The van der Waals surface area contributed by atoms with Gasteiger partial charge in [0.05, 0.1) is 18.0 Å². The van der Waals surface area contributed by atoms with Crippen LogP contribution in [0.4, 0.5) is 5.69 Å². The van der Waals surface area contributed by atoms with Crippen LogP contribution in [0, 0.1) is 6.92 Å². The fourth-order valence-corrected chi connectivity index (χ4v) is 4.84. The van der Waals surface area contributed by atoms with Gasteiger partial charge in [0.25, 0.3) is 0 Å². The van der Waals surface area contributed by atoms with Crippen LogP contribution in [-0.4, -0.2) is 38.0 Å². The molecule has 1 atom stereocenters. The Morgan fingerprint density at radius 1 is 1.06 bits per heavy atom. The molecule has 3 aromatic carbocycles. The number of carbonyl (C=O) groups is 1. The predicted octanol–water partition coefficient (Wildman–Crippen LogP) is 5.85. The largest absolute Gasteiger partial charge is 0.495 e. The van der Waals surface area contributed by atoms with Crippen molar-refractivity contribution in [3.63, 3.8) is 0 Å². The van der Waals surface area contributed by atoms with E-state index in [-0.39, 0.29) is 5.91 Å². The van der Waals surface area contributed by atoms with E-state index < -0.39 is 5.25 Å². The molecule has 5 rings (SSSR count). The number of carbonyl (C=O) groups excluding carboxylic acids is 1. The molecule has 0 aliphatic carbocycles. The second-order valence-electron chi connectivity index (χ2n) is 8.18. The van der Waals surface area contributed by atoms with Crippen LogP contribution in [-0.2, 0) is 4.79 Å². The summed E-state index contributed by atoms with van der Waals surface area (Å²) < 4.78 is 7.38. The minimum Gasteiger partial charge on any atom is -0.495 e. The van der Waals surface area contributed by atoms with Gasteiger partial charge in [0.1, 0.15) is 5.75 Å². The van der Waals surface area contributed by atoms with E-state index in [0.29, 0.717) is 22.4 Å². The highest BCUT2D eigenvalue weighted by atomic mass is 32.2. The zero-order valence-electron chi connectivity index (χ0n) is 19.6. The molecule has 8 heteroatoms. The maximum Gasteiger partial charge on any atom is 0.237 e. The Labute approximate surface area is 207 Å². The van der Waals surface area contributed by atoms with Crippen LogP contribution in [0.25, 0.3) is 28.0 Å². The first kappa shape index (κ1) is 22.7. The van der Waals surface area contributed by atoms with Crippen LogP contribution < -0.4 is 10.1 Å². The summed E-state index contributed by atoms with van der Waals surface area (Å²) in [6, 6.07) is 23.6. The highest BCUT2D eigenvalue weighted by Crippen LogP contribution is 2.34. The average molecular weight is 484 g/mol. The van der Waals surface area contributed by atoms with Gasteiger partial charge in [-0.2, -0.15) is 0 Å². The second-order valence-corrected chi connectivity index (χ2v) is 9.49. The highest BCUT2D eigenvalue weighted by Gasteiger charge is 2.23. The first-order valence-electron chi connectivity index (χ1n) is 11.2. The standard InChI is InChI=1S/C27H25N5O2S/c1-17-9-8-10-19(15-17)32-25(21-16-28-22-12-5-4-11-20(21)22)30-31-27(32)35-18(2)26(33)29-23-13-6-7-14-24(23)34-3/h4-16,18,28H,1-3H3,(H,29,33). The van der Waals surface area contributed by atoms with Crippen molar-refractivity contribution in [2.45, 2.75) is 24.3 Å². The zero-order chi connectivity index (χ0) is 24.4. The van der Waals surface area contributed by atoms with E-state index in [1.165, 1.54) is 11.8 Å². The number of para-hydroxylation sites is 3. The number of nitrogens with zero attached hydrogens (tertiary/aromatic N) is 3. The number of nitrogens with one attached hydrogen (secondary N) is 2. The number of anilines is 1. The summed E-state index contributed by atoms with van der Waals surface area (Å²) in [5, 5.41) is 13.3. The Morgan fingerprint density at radius 2 is 1.86 bits per heavy atom. The highest BCUT2D eigenvalue weighted by molar-refractivity contribution is 8.00. The maximum absolute atomic E-state index is 13.0. The van der Waals surface area contributed by atoms with E-state index in [4.69, 9.17) is 4.74 Å². The van der Waals surface area contributed by atoms with Crippen molar-refractivity contribution in [3.05, 3.63) is 84.6 Å². The van der Waals surface area contributed by atoms with Gasteiger partial charge in [0.2, 0.25) is 5.91 Å². The number of methoxy groups -OCH3 is 1. The molecule has 2 N–H and O–H groups in total. The van der Waals surface area contributed by atoms with E-state index in [2.05, 4.69) is 45.6 Å². The Morgan fingerprint density at radius 3 is 2.69 bits per heavy atom. The van der Waals surface area contributed by atoms with Gasteiger partial charge in [-0.25, -0.2) is 0 Å². The molecular formula is C27H25N5O2S. The van der Waals surface area contributed by atoms with Gasteiger partial charge in [-0.1, -0.05) is 54.2 Å². The molecule has 0 aliphatic heterocycles. The first-order valence-corrected chi connectivity index (χ1v) is 12.1. The summed E-state index contributed by atoms with van der Waals surface area (Å²) in [5.41, 5.74) is 4.67. The zero-order valence-corrected chi connectivity index (χ0v) is 20.5. The molecule has 0 aliphatic rings. The molecule has 0 fully saturated rings. The second kappa shape index (κ2) is 9.68. The molecule has 0 spiro atoms. The number of hydrogen-bond donors (Lipinski definition) is 2. The lowest BCUT2D eigenvalue weighted by atomic mass is 10.1. The quantitative estimate of drug-likeness (QED) is 0.284. The van der Waals surface area contributed by atoms with E-state index in [9.17, 15) is 4.79 Å². The van der Waals surface area contributed by atoms with Crippen LogP contribution >= 0.6 is 11.8 Å². The van der Waals surface area contributed by atoms with E-state index in [0.717, 1.165) is 27.7 Å². The number of aryl methyl sites for hydroxylation is 1. The summed E-state index contributed by atoms with van der Waals surface area (Å²) in [6.45, 7) is 3.91. The van der Waals surface area contributed by atoms with Gasteiger partial charge in [-0.3, -0.25) is 9.36 Å². The normalized spacial score (nSPS) is 12.0. The number of fused-ring (bicyclic) bond motifs is 1. The lowest BCUT2D eigenvalue weighted by Gasteiger charge is -2.15. The topological polar surface area (TPSA) is 84.8 Å². The molecule has 0 saturated carbocycles. The van der Waals surface area contributed by atoms with Gasteiger partial charge < -0.3 is 15.0 Å². The van der Waals surface area contributed by atoms with Gasteiger partial charge in [-0.05, 0) is 49.7 Å². The van der Waals surface area contributed by atoms with Crippen molar-refractivity contribution < 1.29 is 9.53 Å². The monoisotopic (exact) mass is 483 g/mol. The minimum absolute atomic E-state index is 0.146. The van der Waals surface area contributed by atoms with E-state index >= 15 is 0 Å². The van der Waals surface area contributed by atoms with Gasteiger partial charge >= 0.3 is 0 Å². The number of aromatic amines is 1. The Hall–Kier alpha value is -4.04. The Kier molecular flexibility index (Phi) is 6.29. The molecule has 1 amide bonds. The third-order valence-corrected chi connectivity index (χ3v) is 6.78. The van der Waals surface area contributed by atoms with Crippen LogP contribution in [0.2, 0.25) is 0 Å². The molecule has 2 aromatic heterocycles. The number of ether oxygens (including phenoxy) is 1. The summed E-state index contributed by atoms with van der Waals surface area (Å²) >= 11 is 1.36. The van der Waals surface area contributed by atoms with Crippen molar-refractivity contribution in [1.82, 2.24) is 19.7 Å². The van der Waals surface area contributed by atoms with Crippen LogP contribution in [0.5, 0.6) is 5.75 Å². The lowest BCUT2D eigenvalue weighted by Crippen LogP contribution is -2.23.